The average molecular weight is 230 g/mol. The van der Waals surface area contributed by atoms with E-state index >= 15 is 0 Å². The van der Waals surface area contributed by atoms with Gasteiger partial charge in [-0.25, -0.2) is 4.39 Å². The van der Waals surface area contributed by atoms with Crippen LogP contribution in [0.25, 0.3) is 0 Å². The van der Waals surface area contributed by atoms with Crippen LogP contribution in [0.15, 0.2) is 42.5 Å². The number of hydrogen-bond acceptors (Lipinski definition) is 2. The second kappa shape index (κ2) is 4.45. The van der Waals surface area contributed by atoms with Gasteiger partial charge in [0, 0.05) is 18.4 Å². The second-order valence-electron chi connectivity index (χ2n) is 4.05. The molecule has 0 aliphatic rings. The summed E-state index contributed by atoms with van der Waals surface area (Å²) in [4.78, 5) is 1.78. The van der Waals surface area contributed by atoms with Crippen molar-refractivity contribution < 1.29 is 4.39 Å². The Hall–Kier alpha value is -2.03. The summed E-state index contributed by atoms with van der Waals surface area (Å²) in [5.41, 5.74) is 9.00. The Morgan fingerprint density at radius 2 is 1.82 bits per heavy atom. The first-order valence-corrected chi connectivity index (χ1v) is 5.44. The van der Waals surface area contributed by atoms with E-state index in [1.54, 1.807) is 17.0 Å². The molecule has 0 radical (unpaired) electrons. The molecule has 3 heteroatoms. The highest BCUT2D eigenvalue weighted by atomic mass is 19.1. The molecule has 0 amide bonds. The summed E-state index contributed by atoms with van der Waals surface area (Å²) >= 11 is 0. The van der Waals surface area contributed by atoms with E-state index in [-0.39, 0.29) is 5.82 Å². The van der Waals surface area contributed by atoms with Gasteiger partial charge >= 0.3 is 0 Å². The van der Waals surface area contributed by atoms with Crippen molar-refractivity contribution in [3.63, 3.8) is 0 Å². The van der Waals surface area contributed by atoms with Crippen LogP contribution in [0.3, 0.4) is 0 Å². The first kappa shape index (κ1) is 11.5. The predicted octanol–water partition coefficient (Wildman–Crippen LogP) is 3.48. The fourth-order valence-corrected chi connectivity index (χ4v) is 1.70. The van der Waals surface area contributed by atoms with Crippen molar-refractivity contribution in [2.24, 2.45) is 0 Å². The van der Waals surface area contributed by atoms with Crippen molar-refractivity contribution in [3.8, 4) is 0 Å². The van der Waals surface area contributed by atoms with Crippen molar-refractivity contribution in [1.82, 2.24) is 0 Å². The van der Waals surface area contributed by atoms with Gasteiger partial charge in [0.2, 0.25) is 0 Å². The number of halogens is 1. The van der Waals surface area contributed by atoms with Gasteiger partial charge in [-0.2, -0.15) is 0 Å². The molecular formula is C14H15FN2. The lowest BCUT2D eigenvalue weighted by Crippen LogP contribution is -2.11. The number of aryl methyl sites for hydroxylation is 1. The summed E-state index contributed by atoms with van der Waals surface area (Å²) in [5.74, 6) is -0.242. The summed E-state index contributed by atoms with van der Waals surface area (Å²) in [7, 11) is 1.82. The van der Waals surface area contributed by atoms with E-state index in [0.717, 1.165) is 11.3 Å². The fourth-order valence-electron chi connectivity index (χ4n) is 1.70. The summed E-state index contributed by atoms with van der Waals surface area (Å²) in [6.45, 7) is 1.95. The third-order valence-corrected chi connectivity index (χ3v) is 2.86. The minimum absolute atomic E-state index is 0.242. The monoisotopic (exact) mass is 230 g/mol. The van der Waals surface area contributed by atoms with Gasteiger partial charge in [0.1, 0.15) is 5.82 Å². The molecule has 0 spiro atoms. The molecule has 0 aliphatic carbocycles. The molecule has 2 rings (SSSR count). The third kappa shape index (κ3) is 2.23. The Balaban J connectivity index is 2.40. The Morgan fingerprint density at radius 1 is 1.12 bits per heavy atom. The van der Waals surface area contributed by atoms with Crippen molar-refractivity contribution >= 4 is 17.1 Å². The lowest BCUT2D eigenvalue weighted by molar-refractivity contribution is 0.627. The number of nitrogen functional groups attached to an aromatic ring is 1. The third-order valence-electron chi connectivity index (χ3n) is 2.86. The normalized spacial score (nSPS) is 10.3. The van der Waals surface area contributed by atoms with Crippen molar-refractivity contribution in [1.29, 1.82) is 0 Å². The standard InChI is InChI=1S/C14H15FN2/c1-10-7-8-11(9-13(10)16)17(2)14-6-4-3-5-12(14)15/h3-9H,16H2,1-2H3. The minimum Gasteiger partial charge on any atom is -0.398 e. The van der Waals surface area contributed by atoms with Crippen LogP contribution >= 0.6 is 0 Å². The first-order chi connectivity index (χ1) is 8.09. The number of benzene rings is 2. The van der Waals surface area contributed by atoms with Crippen LogP contribution in [0.2, 0.25) is 0 Å². The van der Waals surface area contributed by atoms with Gasteiger partial charge in [-0.3, -0.25) is 0 Å². The number of para-hydroxylation sites is 1. The molecule has 0 aromatic heterocycles. The van der Waals surface area contributed by atoms with Gasteiger partial charge in [0.25, 0.3) is 0 Å². The van der Waals surface area contributed by atoms with Crippen LogP contribution in [0, 0.1) is 12.7 Å². The largest absolute Gasteiger partial charge is 0.398 e. The van der Waals surface area contributed by atoms with E-state index in [9.17, 15) is 4.39 Å². The Bertz CT molecular complexity index is 537. The molecular weight excluding hydrogens is 215 g/mol. The van der Waals surface area contributed by atoms with Crippen molar-refractivity contribution in [2.45, 2.75) is 6.92 Å². The number of rotatable bonds is 2. The molecule has 2 aromatic rings. The molecule has 2 nitrogen and oxygen atoms in total. The highest BCUT2D eigenvalue weighted by molar-refractivity contribution is 5.67. The summed E-state index contributed by atoms with van der Waals surface area (Å²) in [5, 5.41) is 0. The van der Waals surface area contributed by atoms with Crippen LogP contribution in [0.5, 0.6) is 0 Å². The predicted molar refractivity (Wildman–Crippen MR) is 70.1 cm³/mol. The highest BCUT2D eigenvalue weighted by Crippen LogP contribution is 2.28. The maximum atomic E-state index is 13.6. The van der Waals surface area contributed by atoms with Crippen molar-refractivity contribution in [3.05, 3.63) is 53.8 Å². The maximum Gasteiger partial charge on any atom is 0.146 e. The zero-order valence-corrected chi connectivity index (χ0v) is 9.94. The van der Waals surface area contributed by atoms with Gasteiger partial charge in [0.15, 0.2) is 0 Å². The second-order valence-corrected chi connectivity index (χ2v) is 4.05. The fraction of sp³-hybridized carbons (Fsp3) is 0.143. The van der Waals surface area contributed by atoms with E-state index in [2.05, 4.69) is 0 Å². The summed E-state index contributed by atoms with van der Waals surface area (Å²) in [6, 6.07) is 12.4. The summed E-state index contributed by atoms with van der Waals surface area (Å²) < 4.78 is 13.6. The van der Waals surface area contributed by atoms with Gasteiger partial charge in [0.05, 0.1) is 5.69 Å². The highest BCUT2D eigenvalue weighted by Gasteiger charge is 2.09. The number of hydrogen-bond donors (Lipinski definition) is 1. The van der Waals surface area contributed by atoms with E-state index in [1.165, 1.54) is 6.07 Å². The minimum atomic E-state index is -0.242. The molecule has 2 N–H and O–H groups in total. The molecule has 0 heterocycles. The average Bonchev–Trinajstić information content (AvgIpc) is 2.32. The number of anilines is 3. The zero-order valence-electron chi connectivity index (χ0n) is 9.94. The molecule has 0 aliphatic heterocycles. The molecule has 0 saturated heterocycles. The molecule has 88 valence electrons. The van der Waals surface area contributed by atoms with Gasteiger partial charge in [-0.05, 0) is 36.8 Å². The molecule has 17 heavy (non-hydrogen) atoms. The number of nitrogens with zero attached hydrogens (tertiary/aromatic N) is 1. The molecule has 0 bridgehead atoms. The van der Waals surface area contributed by atoms with Gasteiger partial charge in [-0.1, -0.05) is 18.2 Å². The van der Waals surface area contributed by atoms with E-state index in [0.29, 0.717) is 11.4 Å². The van der Waals surface area contributed by atoms with E-state index in [1.807, 2.05) is 38.2 Å². The Kier molecular flexibility index (Phi) is 3.00. The lowest BCUT2D eigenvalue weighted by atomic mass is 10.1. The first-order valence-electron chi connectivity index (χ1n) is 5.44. The maximum absolute atomic E-state index is 13.6. The number of nitrogens with two attached hydrogens (primary N) is 1. The topological polar surface area (TPSA) is 29.3 Å². The lowest BCUT2D eigenvalue weighted by Gasteiger charge is -2.20. The van der Waals surface area contributed by atoms with Crippen LogP contribution < -0.4 is 10.6 Å². The summed E-state index contributed by atoms with van der Waals surface area (Å²) in [6.07, 6.45) is 0. The van der Waals surface area contributed by atoms with Gasteiger partial charge < -0.3 is 10.6 Å². The Morgan fingerprint density at radius 3 is 2.47 bits per heavy atom. The quantitative estimate of drug-likeness (QED) is 0.800. The molecule has 0 unspecified atom stereocenters. The SMILES string of the molecule is Cc1ccc(N(C)c2ccccc2F)cc1N. The van der Waals surface area contributed by atoms with Crippen molar-refractivity contribution in [2.75, 3.05) is 17.7 Å². The molecule has 0 fully saturated rings. The van der Waals surface area contributed by atoms with Crippen LogP contribution in [0.4, 0.5) is 21.5 Å². The van der Waals surface area contributed by atoms with Crippen LogP contribution in [-0.2, 0) is 0 Å². The van der Waals surface area contributed by atoms with E-state index < -0.39 is 0 Å². The van der Waals surface area contributed by atoms with Gasteiger partial charge in [-0.15, -0.1) is 0 Å². The Labute approximate surface area is 100 Å². The van der Waals surface area contributed by atoms with E-state index in [4.69, 9.17) is 5.73 Å². The molecule has 2 aromatic carbocycles. The molecule has 0 saturated carbocycles. The van der Waals surface area contributed by atoms with Crippen LogP contribution in [0.1, 0.15) is 5.56 Å². The van der Waals surface area contributed by atoms with Crippen LogP contribution in [-0.4, -0.2) is 7.05 Å². The molecule has 0 atom stereocenters. The smallest absolute Gasteiger partial charge is 0.146 e. The zero-order chi connectivity index (χ0) is 12.4.